The van der Waals surface area contributed by atoms with E-state index in [1.807, 2.05) is 47.0 Å². The first-order valence-electron chi connectivity index (χ1n) is 5.14. The fourth-order valence-corrected chi connectivity index (χ4v) is 2.44. The molecule has 0 saturated carbocycles. The number of hydrogen-bond donors (Lipinski definition) is 0. The number of fused-ring (bicyclic) bond motifs is 1. The van der Waals surface area contributed by atoms with Crippen LogP contribution in [0.4, 0.5) is 0 Å². The second-order valence-electron chi connectivity index (χ2n) is 3.67. The van der Waals surface area contributed by atoms with Crippen LogP contribution >= 0.6 is 23.2 Å². The Morgan fingerprint density at radius 3 is 2.35 bits per heavy atom. The van der Waals surface area contributed by atoms with Gasteiger partial charge < -0.3 is 0 Å². The number of benzene rings is 2. The molecule has 0 amide bonds. The number of halogens is 2. The molecular weight excluding hydrogens is 255 g/mol. The lowest BCUT2D eigenvalue weighted by molar-refractivity contribution is 1.09. The third kappa shape index (κ3) is 1.70. The first-order valence-corrected chi connectivity index (χ1v) is 5.89. The lowest BCUT2D eigenvalue weighted by atomic mass is 10.3. The Morgan fingerprint density at radius 1 is 0.882 bits per heavy atom. The molecule has 0 saturated heterocycles. The minimum absolute atomic E-state index is 0.612. The van der Waals surface area contributed by atoms with Crippen molar-refractivity contribution >= 4 is 34.2 Å². The maximum Gasteiger partial charge on any atom is 0.100 e. The largest absolute Gasteiger partial charge is 0.296 e. The van der Waals surface area contributed by atoms with Gasteiger partial charge in [-0.1, -0.05) is 41.4 Å². The topological polar surface area (TPSA) is 17.8 Å². The summed E-state index contributed by atoms with van der Waals surface area (Å²) >= 11 is 12.4. The molecule has 0 unspecified atom stereocenters. The van der Waals surface area contributed by atoms with Crippen LogP contribution in [-0.2, 0) is 0 Å². The Bertz CT molecular complexity index is 668. The molecule has 0 bridgehead atoms. The van der Waals surface area contributed by atoms with Crippen LogP contribution in [0.5, 0.6) is 0 Å². The summed E-state index contributed by atoms with van der Waals surface area (Å²) in [5.41, 5.74) is 2.68. The zero-order chi connectivity index (χ0) is 11.8. The molecule has 0 spiro atoms. The van der Waals surface area contributed by atoms with Gasteiger partial charge in [0.15, 0.2) is 0 Å². The first-order chi connectivity index (χ1) is 8.27. The Morgan fingerprint density at radius 2 is 1.59 bits per heavy atom. The molecule has 2 nitrogen and oxygen atoms in total. The van der Waals surface area contributed by atoms with Crippen molar-refractivity contribution in [1.29, 1.82) is 0 Å². The molecular formula is C13H8Cl2N2. The van der Waals surface area contributed by atoms with Gasteiger partial charge in [-0.15, -0.1) is 0 Å². The van der Waals surface area contributed by atoms with Crippen molar-refractivity contribution in [3.8, 4) is 5.69 Å². The summed E-state index contributed by atoms with van der Waals surface area (Å²) in [7, 11) is 0. The van der Waals surface area contributed by atoms with E-state index in [2.05, 4.69) is 4.98 Å². The molecule has 3 aromatic rings. The number of para-hydroxylation sites is 3. The number of nitrogens with zero attached hydrogens (tertiary/aromatic N) is 2. The number of hydrogen-bond acceptors (Lipinski definition) is 1. The van der Waals surface area contributed by atoms with Crippen LogP contribution in [0.25, 0.3) is 16.7 Å². The zero-order valence-corrected chi connectivity index (χ0v) is 10.3. The highest BCUT2D eigenvalue weighted by Gasteiger charge is 2.10. The van der Waals surface area contributed by atoms with Crippen LogP contribution in [0.15, 0.2) is 48.8 Å². The lowest BCUT2D eigenvalue weighted by Crippen LogP contribution is -1.94. The van der Waals surface area contributed by atoms with E-state index < -0.39 is 0 Å². The SMILES string of the molecule is Clc1cccc(Cl)c1-n1cnc2ccccc21. The van der Waals surface area contributed by atoms with Gasteiger partial charge in [-0.2, -0.15) is 0 Å². The van der Waals surface area contributed by atoms with Crippen LogP contribution in [0.2, 0.25) is 10.0 Å². The van der Waals surface area contributed by atoms with E-state index in [4.69, 9.17) is 23.2 Å². The summed E-state index contributed by atoms with van der Waals surface area (Å²) in [6, 6.07) is 13.3. The van der Waals surface area contributed by atoms with E-state index in [0.717, 1.165) is 16.7 Å². The molecule has 0 radical (unpaired) electrons. The molecule has 1 aromatic heterocycles. The summed E-state index contributed by atoms with van der Waals surface area (Å²) in [5, 5.41) is 1.22. The summed E-state index contributed by atoms with van der Waals surface area (Å²) in [5.74, 6) is 0. The molecule has 0 aliphatic rings. The normalized spacial score (nSPS) is 10.9. The molecule has 2 aromatic carbocycles. The van der Waals surface area contributed by atoms with Crippen molar-refractivity contribution in [3.05, 3.63) is 58.8 Å². The van der Waals surface area contributed by atoms with Gasteiger partial charge in [-0.05, 0) is 24.3 Å². The fraction of sp³-hybridized carbons (Fsp3) is 0. The molecule has 4 heteroatoms. The van der Waals surface area contributed by atoms with E-state index in [9.17, 15) is 0 Å². The van der Waals surface area contributed by atoms with Gasteiger partial charge in [-0.25, -0.2) is 4.98 Å². The highest BCUT2D eigenvalue weighted by molar-refractivity contribution is 6.37. The molecule has 3 rings (SSSR count). The van der Waals surface area contributed by atoms with Gasteiger partial charge in [0.05, 0.1) is 26.8 Å². The van der Waals surface area contributed by atoms with Crippen molar-refractivity contribution in [2.45, 2.75) is 0 Å². The Hall–Kier alpha value is -1.51. The molecule has 0 aliphatic carbocycles. The quantitative estimate of drug-likeness (QED) is 0.638. The van der Waals surface area contributed by atoms with Crippen molar-refractivity contribution < 1.29 is 0 Å². The van der Waals surface area contributed by atoms with Gasteiger partial charge in [0.2, 0.25) is 0 Å². The summed E-state index contributed by atoms with van der Waals surface area (Å²) < 4.78 is 1.90. The lowest BCUT2D eigenvalue weighted by Gasteiger charge is -2.08. The first kappa shape index (κ1) is 10.6. The number of rotatable bonds is 1. The van der Waals surface area contributed by atoms with Crippen molar-refractivity contribution in [2.75, 3.05) is 0 Å². The van der Waals surface area contributed by atoms with Crippen LogP contribution < -0.4 is 0 Å². The molecule has 0 atom stereocenters. The molecule has 17 heavy (non-hydrogen) atoms. The molecule has 0 fully saturated rings. The standard InChI is InChI=1S/C13H8Cl2N2/c14-9-4-3-5-10(15)13(9)17-8-16-11-6-1-2-7-12(11)17/h1-8H. The van der Waals surface area contributed by atoms with Crippen LogP contribution in [0.1, 0.15) is 0 Å². The van der Waals surface area contributed by atoms with Gasteiger partial charge >= 0.3 is 0 Å². The fourth-order valence-electron chi connectivity index (χ4n) is 1.86. The minimum atomic E-state index is 0.612. The van der Waals surface area contributed by atoms with Gasteiger partial charge in [-0.3, -0.25) is 4.57 Å². The Kier molecular flexibility index (Phi) is 2.54. The summed E-state index contributed by atoms with van der Waals surface area (Å²) in [6.07, 6.45) is 1.73. The van der Waals surface area contributed by atoms with Crippen molar-refractivity contribution in [2.24, 2.45) is 0 Å². The highest BCUT2D eigenvalue weighted by atomic mass is 35.5. The van der Waals surface area contributed by atoms with Gasteiger partial charge in [0.25, 0.3) is 0 Å². The second-order valence-corrected chi connectivity index (χ2v) is 4.49. The third-order valence-corrected chi connectivity index (χ3v) is 3.24. The van der Waals surface area contributed by atoms with E-state index in [1.54, 1.807) is 6.33 Å². The zero-order valence-electron chi connectivity index (χ0n) is 8.77. The van der Waals surface area contributed by atoms with E-state index >= 15 is 0 Å². The number of imidazole rings is 1. The van der Waals surface area contributed by atoms with E-state index in [0.29, 0.717) is 10.0 Å². The molecule has 84 valence electrons. The Labute approximate surface area is 108 Å². The van der Waals surface area contributed by atoms with Gasteiger partial charge in [0.1, 0.15) is 6.33 Å². The average molecular weight is 263 g/mol. The number of aromatic nitrogens is 2. The summed E-state index contributed by atoms with van der Waals surface area (Å²) in [6.45, 7) is 0. The maximum absolute atomic E-state index is 6.19. The average Bonchev–Trinajstić information content (AvgIpc) is 2.73. The molecule has 0 N–H and O–H groups in total. The van der Waals surface area contributed by atoms with Crippen LogP contribution in [-0.4, -0.2) is 9.55 Å². The summed E-state index contributed by atoms with van der Waals surface area (Å²) in [4.78, 5) is 4.32. The van der Waals surface area contributed by atoms with Crippen molar-refractivity contribution in [3.63, 3.8) is 0 Å². The van der Waals surface area contributed by atoms with Crippen molar-refractivity contribution in [1.82, 2.24) is 9.55 Å². The minimum Gasteiger partial charge on any atom is -0.296 e. The molecule has 1 heterocycles. The molecule has 0 aliphatic heterocycles. The second kappa shape index (κ2) is 4.06. The predicted molar refractivity (Wildman–Crippen MR) is 71.1 cm³/mol. The maximum atomic E-state index is 6.19. The van der Waals surface area contributed by atoms with E-state index in [-0.39, 0.29) is 0 Å². The monoisotopic (exact) mass is 262 g/mol. The highest BCUT2D eigenvalue weighted by Crippen LogP contribution is 2.30. The predicted octanol–water partition coefficient (Wildman–Crippen LogP) is 4.33. The van der Waals surface area contributed by atoms with Gasteiger partial charge in [0, 0.05) is 0 Å². The van der Waals surface area contributed by atoms with Crippen LogP contribution in [0.3, 0.4) is 0 Å². The third-order valence-electron chi connectivity index (χ3n) is 2.63. The van der Waals surface area contributed by atoms with Crippen LogP contribution in [0, 0.1) is 0 Å². The Balaban J connectivity index is 2.35. The van der Waals surface area contributed by atoms with E-state index in [1.165, 1.54) is 0 Å². The smallest absolute Gasteiger partial charge is 0.100 e.